The van der Waals surface area contributed by atoms with E-state index >= 15 is 0 Å². The van der Waals surface area contributed by atoms with Gasteiger partial charge in [-0.15, -0.1) is 11.3 Å². The van der Waals surface area contributed by atoms with Crippen molar-refractivity contribution < 1.29 is 18.3 Å². The highest BCUT2D eigenvalue weighted by molar-refractivity contribution is 7.88. The van der Waals surface area contributed by atoms with Crippen molar-refractivity contribution in [2.24, 2.45) is 0 Å². The van der Waals surface area contributed by atoms with Gasteiger partial charge in [-0.3, -0.25) is 4.79 Å². The topological polar surface area (TPSA) is 95.5 Å². The summed E-state index contributed by atoms with van der Waals surface area (Å²) in [5.41, 5.74) is 0.579. The van der Waals surface area contributed by atoms with Crippen LogP contribution in [0.3, 0.4) is 0 Å². The van der Waals surface area contributed by atoms with Crippen molar-refractivity contribution in [2.45, 2.75) is 6.42 Å². The molecule has 3 N–H and O–H groups in total. The molecule has 0 spiro atoms. The molecule has 0 aromatic carbocycles. The van der Waals surface area contributed by atoms with Gasteiger partial charge in [-0.1, -0.05) is 11.8 Å². The first kappa shape index (κ1) is 16.7. The lowest BCUT2D eigenvalue weighted by molar-refractivity contribution is 0.0957. The summed E-state index contributed by atoms with van der Waals surface area (Å²) in [5, 5.41) is 13.1. The molecule has 0 saturated heterocycles. The molecule has 1 heterocycles. The Morgan fingerprint density at radius 2 is 2.20 bits per heavy atom. The fraction of sp³-hybridized carbons (Fsp3) is 0.417. The van der Waals surface area contributed by atoms with Crippen LogP contribution in [-0.2, 0) is 10.0 Å². The summed E-state index contributed by atoms with van der Waals surface area (Å²) >= 11 is 1.27. The van der Waals surface area contributed by atoms with E-state index in [1.807, 2.05) is 0 Å². The first-order valence-corrected chi connectivity index (χ1v) is 8.61. The second kappa shape index (κ2) is 8.01. The molecule has 1 amide bonds. The summed E-state index contributed by atoms with van der Waals surface area (Å²) in [7, 11) is -3.19. The molecule has 0 aliphatic carbocycles. The number of hydrogen-bond donors (Lipinski definition) is 3. The van der Waals surface area contributed by atoms with Crippen molar-refractivity contribution in [3.8, 4) is 11.8 Å². The third-order valence-corrected chi connectivity index (χ3v) is 3.82. The van der Waals surface area contributed by atoms with Crippen LogP contribution < -0.4 is 10.0 Å². The van der Waals surface area contributed by atoms with Crippen molar-refractivity contribution in [3.05, 3.63) is 21.9 Å². The Hall–Kier alpha value is -1.40. The summed E-state index contributed by atoms with van der Waals surface area (Å²) in [6, 6.07) is 1.72. The Morgan fingerprint density at radius 1 is 1.45 bits per heavy atom. The van der Waals surface area contributed by atoms with Gasteiger partial charge in [0.05, 0.1) is 6.26 Å². The van der Waals surface area contributed by atoms with E-state index in [-0.39, 0.29) is 19.1 Å². The second-order valence-corrected chi connectivity index (χ2v) is 6.65. The van der Waals surface area contributed by atoms with Crippen molar-refractivity contribution >= 4 is 27.3 Å². The summed E-state index contributed by atoms with van der Waals surface area (Å²) in [6.07, 6.45) is 1.59. The minimum atomic E-state index is -3.19. The molecule has 110 valence electrons. The van der Waals surface area contributed by atoms with Crippen LogP contribution in [0.1, 0.15) is 21.7 Å². The van der Waals surface area contributed by atoms with Gasteiger partial charge < -0.3 is 10.4 Å². The Bertz CT molecular complexity index is 611. The van der Waals surface area contributed by atoms with Gasteiger partial charge in [-0.25, -0.2) is 13.1 Å². The molecule has 1 aromatic rings. The number of carbonyl (C=O) groups is 1. The average Bonchev–Trinajstić information content (AvgIpc) is 2.82. The second-order valence-electron chi connectivity index (χ2n) is 3.90. The fourth-order valence-corrected chi connectivity index (χ4v) is 2.63. The van der Waals surface area contributed by atoms with Gasteiger partial charge >= 0.3 is 0 Å². The van der Waals surface area contributed by atoms with Gasteiger partial charge in [0.2, 0.25) is 10.0 Å². The minimum absolute atomic E-state index is 0.249. The zero-order valence-corrected chi connectivity index (χ0v) is 12.6. The normalized spacial score (nSPS) is 10.7. The van der Waals surface area contributed by atoms with E-state index in [1.165, 1.54) is 11.3 Å². The van der Waals surface area contributed by atoms with Crippen LogP contribution in [0.4, 0.5) is 0 Å². The zero-order valence-electron chi connectivity index (χ0n) is 11.0. The lowest BCUT2D eigenvalue weighted by atomic mass is 10.2. The number of rotatable bonds is 6. The van der Waals surface area contributed by atoms with E-state index in [0.29, 0.717) is 23.4 Å². The molecule has 1 aromatic heterocycles. The molecule has 0 saturated carbocycles. The van der Waals surface area contributed by atoms with E-state index in [9.17, 15) is 13.2 Å². The molecule has 6 nitrogen and oxygen atoms in total. The first-order valence-electron chi connectivity index (χ1n) is 5.84. The van der Waals surface area contributed by atoms with Gasteiger partial charge in [-0.05, 0) is 17.9 Å². The molecule has 0 atom stereocenters. The maximum atomic E-state index is 11.9. The van der Waals surface area contributed by atoms with Crippen molar-refractivity contribution in [1.29, 1.82) is 0 Å². The van der Waals surface area contributed by atoms with Gasteiger partial charge in [0, 0.05) is 18.7 Å². The number of carbonyl (C=O) groups excluding carboxylic acids is 1. The van der Waals surface area contributed by atoms with E-state index < -0.39 is 10.0 Å². The fourth-order valence-electron chi connectivity index (χ4n) is 1.35. The number of nitrogens with one attached hydrogen (secondary N) is 2. The van der Waals surface area contributed by atoms with Gasteiger partial charge in [0.25, 0.3) is 5.91 Å². The third kappa shape index (κ3) is 6.16. The number of sulfonamides is 1. The SMILES string of the molecule is CS(=O)(=O)NCCCNC(=O)c1sccc1C#CCO. The zero-order chi connectivity index (χ0) is 15.0. The predicted molar refractivity (Wildman–Crippen MR) is 78.1 cm³/mol. The van der Waals surface area contributed by atoms with Gasteiger partial charge in [0.1, 0.15) is 11.5 Å². The Labute approximate surface area is 122 Å². The van der Waals surface area contributed by atoms with Crippen LogP contribution in [0.2, 0.25) is 0 Å². The first-order chi connectivity index (χ1) is 9.44. The van der Waals surface area contributed by atoms with Crippen LogP contribution in [0, 0.1) is 11.8 Å². The largest absolute Gasteiger partial charge is 0.384 e. The molecule has 0 aliphatic rings. The highest BCUT2D eigenvalue weighted by Gasteiger charge is 2.11. The minimum Gasteiger partial charge on any atom is -0.384 e. The highest BCUT2D eigenvalue weighted by Crippen LogP contribution is 2.15. The maximum absolute atomic E-state index is 11.9. The Morgan fingerprint density at radius 3 is 2.85 bits per heavy atom. The third-order valence-electron chi connectivity index (χ3n) is 2.18. The standard InChI is InChI=1S/C12H16N2O4S2/c1-20(17,18)14-7-3-6-13-12(16)11-10(4-2-8-15)5-9-19-11/h5,9,14-15H,3,6-8H2,1H3,(H,13,16). The van der Waals surface area contributed by atoms with Crippen molar-refractivity contribution in [2.75, 3.05) is 26.0 Å². The number of aliphatic hydroxyl groups is 1. The molecule has 0 unspecified atom stereocenters. The monoisotopic (exact) mass is 316 g/mol. The van der Waals surface area contributed by atoms with E-state index in [2.05, 4.69) is 21.9 Å². The van der Waals surface area contributed by atoms with Crippen LogP contribution in [-0.4, -0.2) is 45.4 Å². The lowest BCUT2D eigenvalue weighted by Crippen LogP contribution is -2.29. The molecule has 20 heavy (non-hydrogen) atoms. The van der Waals surface area contributed by atoms with Crippen molar-refractivity contribution in [1.82, 2.24) is 10.0 Å². The Kier molecular flexibility index (Phi) is 6.67. The molecule has 0 aliphatic heterocycles. The van der Waals surface area contributed by atoms with E-state index in [1.54, 1.807) is 11.4 Å². The molecule has 0 radical (unpaired) electrons. The molecule has 0 fully saturated rings. The van der Waals surface area contributed by atoms with Crippen LogP contribution in [0.15, 0.2) is 11.4 Å². The van der Waals surface area contributed by atoms with Gasteiger partial charge in [-0.2, -0.15) is 0 Å². The quantitative estimate of drug-likeness (QED) is 0.499. The van der Waals surface area contributed by atoms with Gasteiger partial charge in [0.15, 0.2) is 0 Å². The molecular weight excluding hydrogens is 300 g/mol. The van der Waals surface area contributed by atoms with Crippen LogP contribution in [0.25, 0.3) is 0 Å². The number of thiophene rings is 1. The van der Waals surface area contributed by atoms with E-state index in [0.717, 1.165) is 6.26 Å². The summed E-state index contributed by atoms with van der Waals surface area (Å²) in [6.45, 7) is 0.390. The summed E-state index contributed by atoms with van der Waals surface area (Å²) in [5.74, 6) is 4.95. The molecular formula is C12H16N2O4S2. The summed E-state index contributed by atoms with van der Waals surface area (Å²) in [4.78, 5) is 12.4. The number of aliphatic hydroxyl groups excluding tert-OH is 1. The highest BCUT2D eigenvalue weighted by atomic mass is 32.2. The lowest BCUT2D eigenvalue weighted by Gasteiger charge is -2.04. The van der Waals surface area contributed by atoms with Crippen LogP contribution in [0.5, 0.6) is 0 Å². The Balaban J connectivity index is 2.42. The molecule has 1 rings (SSSR count). The van der Waals surface area contributed by atoms with Crippen molar-refractivity contribution in [3.63, 3.8) is 0 Å². The smallest absolute Gasteiger partial charge is 0.262 e. The van der Waals surface area contributed by atoms with E-state index in [4.69, 9.17) is 5.11 Å². The average molecular weight is 316 g/mol. The maximum Gasteiger partial charge on any atom is 0.262 e. The molecule has 8 heteroatoms. The predicted octanol–water partition coefficient (Wildman–Crippen LogP) is -0.239. The number of hydrogen-bond acceptors (Lipinski definition) is 5. The van der Waals surface area contributed by atoms with Crippen LogP contribution >= 0.6 is 11.3 Å². The number of amides is 1. The molecule has 0 bridgehead atoms. The summed E-state index contributed by atoms with van der Waals surface area (Å²) < 4.78 is 24.0.